The van der Waals surface area contributed by atoms with E-state index < -0.39 is 5.97 Å². The van der Waals surface area contributed by atoms with Crippen LogP contribution in [0.2, 0.25) is 0 Å². The summed E-state index contributed by atoms with van der Waals surface area (Å²) in [5, 5.41) is 20.6. The number of aliphatic carboxylic acids is 1. The highest BCUT2D eigenvalue weighted by Gasteiger charge is 2.28. The zero-order chi connectivity index (χ0) is 23.7. The third-order valence-electron chi connectivity index (χ3n) is 5.81. The van der Waals surface area contributed by atoms with Gasteiger partial charge in [-0.3, -0.25) is 0 Å². The van der Waals surface area contributed by atoms with Crippen molar-refractivity contribution in [3.63, 3.8) is 0 Å². The largest absolute Gasteiger partial charge is 0.507 e. The van der Waals surface area contributed by atoms with Gasteiger partial charge in [0.15, 0.2) is 0 Å². The van der Waals surface area contributed by atoms with E-state index in [4.69, 9.17) is 0 Å². The van der Waals surface area contributed by atoms with Crippen LogP contribution in [-0.2, 0) is 15.6 Å². The zero-order valence-electron chi connectivity index (χ0n) is 20.6. The van der Waals surface area contributed by atoms with Gasteiger partial charge >= 0.3 is 5.97 Å². The van der Waals surface area contributed by atoms with Crippen molar-refractivity contribution in [1.29, 1.82) is 0 Å². The number of carboxylic acid groups (broad SMARTS) is 1. The molecular formula is C28H38O3. The number of carboxylic acids is 1. The van der Waals surface area contributed by atoms with Crippen molar-refractivity contribution < 1.29 is 15.0 Å². The maximum Gasteiger partial charge on any atom is 0.328 e. The van der Waals surface area contributed by atoms with Gasteiger partial charge in [0.1, 0.15) is 5.75 Å². The molecule has 1 unspecified atom stereocenters. The predicted octanol–water partition coefficient (Wildman–Crippen LogP) is 7.24. The Morgan fingerprint density at radius 1 is 0.903 bits per heavy atom. The molecule has 0 spiro atoms. The molecule has 0 aromatic heterocycles. The normalized spacial score (nSPS) is 13.6. The Bertz CT molecular complexity index is 998. The average Bonchev–Trinajstić information content (AvgIpc) is 2.61. The molecule has 1 atom stereocenters. The van der Waals surface area contributed by atoms with E-state index >= 15 is 0 Å². The van der Waals surface area contributed by atoms with Crippen molar-refractivity contribution in [3.05, 3.63) is 69.3 Å². The van der Waals surface area contributed by atoms with Crippen LogP contribution in [-0.4, -0.2) is 16.2 Å². The van der Waals surface area contributed by atoms with Crippen LogP contribution in [0.3, 0.4) is 0 Å². The monoisotopic (exact) mass is 422 g/mol. The van der Waals surface area contributed by atoms with E-state index in [1.165, 1.54) is 6.08 Å². The Hall–Kier alpha value is -2.55. The highest BCUT2D eigenvalue weighted by atomic mass is 16.4. The van der Waals surface area contributed by atoms with Crippen LogP contribution in [0.4, 0.5) is 0 Å². The van der Waals surface area contributed by atoms with Gasteiger partial charge < -0.3 is 10.2 Å². The SMILES string of the molecule is CCC(c1cc(C)cc(C(C)(C)C)c1O)c1cc(C)cc(C(C)(C)C)c1C=CC(=O)O. The molecule has 0 aliphatic carbocycles. The van der Waals surface area contributed by atoms with Crippen molar-refractivity contribution in [2.45, 2.75) is 85.5 Å². The smallest absolute Gasteiger partial charge is 0.328 e. The molecule has 2 aromatic carbocycles. The topological polar surface area (TPSA) is 57.5 Å². The molecule has 31 heavy (non-hydrogen) atoms. The number of phenols is 1. The molecule has 0 saturated carbocycles. The summed E-state index contributed by atoms with van der Waals surface area (Å²) >= 11 is 0. The number of aromatic hydroxyl groups is 1. The van der Waals surface area contributed by atoms with E-state index in [2.05, 4.69) is 86.6 Å². The Kier molecular flexibility index (Phi) is 7.10. The first-order valence-corrected chi connectivity index (χ1v) is 11.1. The average molecular weight is 423 g/mol. The van der Waals surface area contributed by atoms with Gasteiger partial charge in [0.2, 0.25) is 0 Å². The summed E-state index contributed by atoms with van der Waals surface area (Å²) < 4.78 is 0. The number of rotatable bonds is 5. The number of benzene rings is 2. The lowest BCUT2D eigenvalue weighted by molar-refractivity contribution is -0.131. The quantitative estimate of drug-likeness (QED) is 0.499. The first-order chi connectivity index (χ1) is 14.2. The second-order valence-electron chi connectivity index (χ2n) is 10.7. The van der Waals surface area contributed by atoms with Gasteiger partial charge in [0, 0.05) is 17.6 Å². The molecule has 0 saturated heterocycles. The standard InChI is InChI=1S/C28H38O3/c1-10-19(22-14-18(3)16-24(26(22)31)28(7,8)9)21-13-17(2)15-23(27(4,5)6)20(21)11-12-25(29)30/h11-16,19,31H,10H2,1-9H3,(H,29,30). The molecule has 0 aliphatic rings. The summed E-state index contributed by atoms with van der Waals surface area (Å²) in [6.07, 6.45) is 3.73. The zero-order valence-corrected chi connectivity index (χ0v) is 20.6. The van der Waals surface area contributed by atoms with Crippen LogP contribution < -0.4 is 0 Å². The third-order valence-corrected chi connectivity index (χ3v) is 5.81. The summed E-state index contributed by atoms with van der Waals surface area (Å²) in [7, 11) is 0. The van der Waals surface area contributed by atoms with Crippen LogP contribution in [0.25, 0.3) is 6.08 Å². The van der Waals surface area contributed by atoms with Crippen molar-refractivity contribution in [1.82, 2.24) is 0 Å². The third kappa shape index (κ3) is 5.58. The predicted molar refractivity (Wildman–Crippen MR) is 130 cm³/mol. The van der Waals surface area contributed by atoms with Crippen molar-refractivity contribution in [2.24, 2.45) is 0 Å². The summed E-state index contributed by atoms with van der Waals surface area (Å²) in [6.45, 7) is 19.0. The van der Waals surface area contributed by atoms with Crippen molar-refractivity contribution in [3.8, 4) is 5.75 Å². The maximum absolute atomic E-state index is 11.3. The maximum atomic E-state index is 11.3. The summed E-state index contributed by atoms with van der Waals surface area (Å²) in [5.74, 6) is -0.666. The lowest BCUT2D eigenvalue weighted by atomic mass is 9.75. The van der Waals surface area contributed by atoms with E-state index in [1.807, 2.05) is 0 Å². The van der Waals surface area contributed by atoms with E-state index in [9.17, 15) is 15.0 Å². The molecular weight excluding hydrogens is 384 g/mol. The minimum atomic E-state index is -0.965. The van der Waals surface area contributed by atoms with Gasteiger partial charge in [-0.2, -0.15) is 0 Å². The van der Waals surface area contributed by atoms with Crippen LogP contribution in [0.15, 0.2) is 30.3 Å². The van der Waals surface area contributed by atoms with Crippen LogP contribution in [0.1, 0.15) is 99.7 Å². The van der Waals surface area contributed by atoms with Crippen LogP contribution >= 0.6 is 0 Å². The molecule has 3 nitrogen and oxygen atoms in total. The number of aryl methyl sites for hydroxylation is 2. The lowest BCUT2D eigenvalue weighted by Crippen LogP contribution is -2.17. The Morgan fingerprint density at radius 3 is 1.84 bits per heavy atom. The molecule has 168 valence electrons. The summed E-state index contributed by atoms with van der Waals surface area (Å²) in [5.41, 5.74) is 6.87. The number of carbonyl (C=O) groups is 1. The Balaban J connectivity index is 2.90. The van der Waals surface area contributed by atoms with Gasteiger partial charge in [0.25, 0.3) is 0 Å². The van der Waals surface area contributed by atoms with Crippen molar-refractivity contribution >= 4 is 12.0 Å². The van der Waals surface area contributed by atoms with Gasteiger partial charge in [-0.05, 0) is 59.4 Å². The molecule has 0 aliphatic heterocycles. The molecule has 3 heteroatoms. The molecule has 0 amide bonds. The van der Waals surface area contributed by atoms with Crippen LogP contribution in [0.5, 0.6) is 5.75 Å². The number of hydrogen-bond donors (Lipinski definition) is 2. The van der Waals surface area contributed by atoms with E-state index in [-0.39, 0.29) is 16.7 Å². The Labute approximate surface area is 187 Å². The lowest BCUT2D eigenvalue weighted by Gasteiger charge is -2.30. The van der Waals surface area contributed by atoms with Crippen LogP contribution in [0, 0.1) is 13.8 Å². The van der Waals surface area contributed by atoms with Gasteiger partial charge in [-0.25, -0.2) is 4.79 Å². The molecule has 0 bridgehead atoms. The molecule has 2 rings (SSSR count). The van der Waals surface area contributed by atoms with E-state index in [0.29, 0.717) is 5.75 Å². The molecule has 2 aromatic rings. The second-order valence-corrected chi connectivity index (χ2v) is 10.7. The van der Waals surface area contributed by atoms with Gasteiger partial charge in [-0.1, -0.05) is 83.9 Å². The minimum Gasteiger partial charge on any atom is -0.507 e. The van der Waals surface area contributed by atoms with E-state index in [1.54, 1.807) is 6.08 Å². The highest BCUT2D eigenvalue weighted by molar-refractivity contribution is 5.86. The van der Waals surface area contributed by atoms with Gasteiger partial charge in [-0.15, -0.1) is 0 Å². The van der Waals surface area contributed by atoms with E-state index in [0.717, 1.165) is 45.4 Å². The first-order valence-electron chi connectivity index (χ1n) is 11.1. The Morgan fingerprint density at radius 2 is 1.39 bits per heavy atom. The fourth-order valence-corrected chi connectivity index (χ4v) is 4.33. The fraction of sp³-hybridized carbons (Fsp3) is 0.464. The molecule has 0 heterocycles. The second kappa shape index (κ2) is 8.90. The number of phenolic OH excluding ortho intramolecular Hbond substituents is 1. The van der Waals surface area contributed by atoms with Crippen molar-refractivity contribution in [2.75, 3.05) is 0 Å². The summed E-state index contributed by atoms with van der Waals surface area (Å²) in [6, 6.07) is 8.42. The number of hydrogen-bond acceptors (Lipinski definition) is 2. The molecule has 0 radical (unpaired) electrons. The minimum absolute atomic E-state index is 0.0459. The molecule has 0 fully saturated rings. The first kappa shape index (κ1) is 24.7. The fourth-order valence-electron chi connectivity index (χ4n) is 4.33. The van der Waals surface area contributed by atoms with Gasteiger partial charge in [0.05, 0.1) is 0 Å². The summed E-state index contributed by atoms with van der Waals surface area (Å²) in [4.78, 5) is 11.3. The molecule has 2 N–H and O–H groups in total. The highest BCUT2D eigenvalue weighted by Crippen LogP contribution is 2.43.